The molecule has 98 valence electrons. The number of rotatable bonds is 4. The molecule has 1 amide bonds. The van der Waals surface area contributed by atoms with Gasteiger partial charge in [-0.05, 0) is 23.6 Å². The third kappa shape index (κ3) is 3.29. The zero-order valence-corrected chi connectivity index (χ0v) is 10.7. The van der Waals surface area contributed by atoms with Crippen LogP contribution in [0.2, 0.25) is 0 Å². The molecule has 0 saturated carbocycles. The molecule has 1 heterocycles. The molecule has 0 spiro atoms. The smallest absolute Gasteiger partial charge is 0.209 e. The van der Waals surface area contributed by atoms with E-state index in [9.17, 15) is 9.18 Å². The van der Waals surface area contributed by atoms with Gasteiger partial charge in [0.05, 0.1) is 0 Å². The summed E-state index contributed by atoms with van der Waals surface area (Å²) in [6.07, 6.45) is 0.917. The van der Waals surface area contributed by atoms with Gasteiger partial charge in [0.1, 0.15) is 5.82 Å². The van der Waals surface area contributed by atoms with Crippen LogP contribution >= 0.6 is 0 Å². The molecule has 18 heavy (non-hydrogen) atoms. The van der Waals surface area contributed by atoms with E-state index in [1.165, 1.54) is 12.1 Å². The standard InChI is InChI=1S/C14H19FN2O/c1-12(13-2-4-14(15)5-3-13)10-16-6-8-17(11-18)9-7-16/h2-5,11-12H,6-10H2,1H3. The summed E-state index contributed by atoms with van der Waals surface area (Å²) in [5, 5.41) is 0. The zero-order valence-electron chi connectivity index (χ0n) is 10.7. The highest BCUT2D eigenvalue weighted by Crippen LogP contribution is 2.17. The fraction of sp³-hybridized carbons (Fsp3) is 0.500. The maximum atomic E-state index is 12.8. The minimum Gasteiger partial charge on any atom is -0.343 e. The van der Waals surface area contributed by atoms with Gasteiger partial charge in [-0.2, -0.15) is 0 Å². The van der Waals surface area contributed by atoms with Crippen LogP contribution < -0.4 is 0 Å². The molecule has 3 nitrogen and oxygen atoms in total. The van der Waals surface area contributed by atoms with Gasteiger partial charge < -0.3 is 4.90 Å². The SMILES string of the molecule is CC(CN1CCN(C=O)CC1)c1ccc(F)cc1. The summed E-state index contributed by atoms with van der Waals surface area (Å²) in [6.45, 7) is 6.56. The molecule has 1 atom stereocenters. The van der Waals surface area contributed by atoms with Crippen LogP contribution in [0.5, 0.6) is 0 Å². The maximum absolute atomic E-state index is 12.8. The fourth-order valence-corrected chi connectivity index (χ4v) is 2.34. The van der Waals surface area contributed by atoms with Crippen molar-refractivity contribution in [3.05, 3.63) is 35.6 Å². The first kappa shape index (κ1) is 13.0. The number of hydrogen-bond acceptors (Lipinski definition) is 2. The topological polar surface area (TPSA) is 23.6 Å². The molecule has 1 aliphatic heterocycles. The Morgan fingerprint density at radius 3 is 2.39 bits per heavy atom. The molecular formula is C14H19FN2O. The highest BCUT2D eigenvalue weighted by atomic mass is 19.1. The van der Waals surface area contributed by atoms with E-state index in [2.05, 4.69) is 11.8 Å². The highest BCUT2D eigenvalue weighted by Gasteiger charge is 2.17. The van der Waals surface area contributed by atoms with Crippen molar-refractivity contribution in [2.24, 2.45) is 0 Å². The summed E-state index contributed by atoms with van der Waals surface area (Å²) >= 11 is 0. The van der Waals surface area contributed by atoms with Crippen LogP contribution in [0.1, 0.15) is 18.4 Å². The second-order valence-corrected chi connectivity index (χ2v) is 4.89. The summed E-state index contributed by atoms with van der Waals surface area (Å²) in [7, 11) is 0. The lowest BCUT2D eigenvalue weighted by Gasteiger charge is -2.34. The van der Waals surface area contributed by atoms with Crippen LogP contribution in [-0.2, 0) is 4.79 Å². The monoisotopic (exact) mass is 250 g/mol. The number of benzene rings is 1. The molecule has 1 aromatic carbocycles. The molecule has 0 radical (unpaired) electrons. The number of halogens is 1. The average Bonchev–Trinajstić information content (AvgIpc) is 2.40. The Bertz CT molecular complexity index is 385. The van der Waals surface area contributed by atoms with Gasteiger partial charge in [-0.3, -0.25) is 9.69 Å². The lowest BCUT2D eigenvalue weighted by molar-refractivity contribution is -0.119. The van der Waals surface area contributed by atoms with E-state index >= 15 is 0 Å². The Labute approximate surface area is 107 Å². The third-order valence-electron chi connectivity index (χ3n) is 3.53. The van der Waals surface area contributed by atoms with Crippen molar-refractivity contribution in [1.82, 2.24) is 9.80 Å². The summed E-state index contributed by atoms with van der Waals surface area (Å²) in [6, 6.07) is 6.72. The number of hydrogen-bond donors (Lipinski definition) is 0. The van der Waals surface area contributed by atoms with Crippen molar-refractivity contribution in [3.63, 3.8) is 0 Å². The zero-order chi connectivity index (χ0) is 13.0. The fourth-order valence-electron chi connectivity index (χ4n) is 2.34. The van der Waals surface area contributed by atoms with Crippen molar-refractivity contribution in [1.29, 1.82) is 0 Å². The van der Waals surface area contributed by atoms with Crippen LogP contribution in [-0.4, -0.2) is 48.9 Å². The van der Waals surface area contributed by atoms with Crippen molar-refractivity contribution in [3.8, 4) is 0 Å². The minimum absolute atomic E-state index is 0.189. The normalized spacial score (nSPS) is 18.7. The molecule has 0 aromatic heterocycles. The second-order valence-electron chi connectivity index (χ2n) is 4.89. The predicted molar refractivity (Wildman–Crippen MR) is 68.9 cm³/mol. The number of carbonyl (C=O) groups is 1. The van der Waals surface area contributed by atoms with Crippen LogP contribution in [0.4, 0.5) is 4.39 Å². The summed E-state index contributed by atoms with van der Waals surface area (Å²) < 4.78 is 12.8. The largest absolute Gasteiger partial charge is 0.343 e. The molecule has 1 aromatic rings. The molecule has 0 N–H and O–H groups in total. The number of nitrogens with zero attached hydrogens (tertiary/aromatic N) is 2. The van der Waals surface area contributed by atoms with Crippen LogP contribution in [0.3, 0.4) is 0 Å². The minimum atomic E-state index is -0.189. The van der Waals surface area contributed by atoms with Crippen LogP contribution in [0.15, 0.2) is 24.3 Å². The summed E-state index contributed by atoms with van der Waals surface area (Å²) in [4.78, 5) is 14.8. The molecule has 1 saturated heterocycles. The first-order chi connectivity index (χ1) is 8.69. The first-order valence-electron chi connectivity index (χ1n) is 6.36. The molecule has 1 fully saturated rings. The maximum Gasteiger partial charge on any atom is 0.209 e. The van der Waals surface area contributed by atoms with E-state index in [1.54, 1.807) is 4.90 Å². The van der Waals surface area contributed by atoms with Crippen molar-refractivity contribution < 1.29 is 9.18 Å². The van der Waals surface area contributed by atoms with Gasteiger partial charge in [-0.15, -0.1) is 0 Å². The van der Waals surface area contributed by atoms with Crippen LogP contribution in [0, 0.1) is 5.82 Å². The molecule has 0 aliphatic carbocycles. The highest BCUT2D eigenvalue weighted by molar-refractivity contribution is 5.47. The molecule has 2 rings (SSSR count). The second kappa shape index (κ2) is 5.96. The molecule has 1 unspecified atom stereocenters. The van der Waals surface area contributed by atoms with Gasteiger partial charge in [-0.1, -0.05) is 19.1 Å². The van der Waals surface area contributed by atoms with Crippen molar-refractivity contribution in [2.75, 3.05) is 32.7 Å². The third-order valence-corrected chi connectivity index (χ3v) is 3.53. The Hall–Kier alpha value is -1.42. The summed E-state index contributed by atoms with van der Waals surface area (Å²) in [5.41, 5.74) is 1.16. The van der Waals surface area contributed by atoms with Gasteiger partial charge in [0.25, 0.3) is 0 Å². The van der Waals surface area contributed by atoms with Gasteiger partial charge in [-0.25, -0.2) is 4.39 Å². The van der Waals surface area contributed by atoms with E-state index in [0.717, 1.165) is 44.7 Å². The predicted octanol–water partition coefficient (Wildman–Crippen LogP) is 1.70. The Balaban J connectivity index is 1.86. The molecule has 4 heteroatoms. The number of piperazine rings is 1. The first-order valence-corrected chi connectivity index (χ1v) is 6.36. The average molecular weight is 250 g/mol. The summed E-state index contributed by atoms with van der Waals surface area (Å²) in [5.74, 6) is 0.193. The molecule has 1 aliphatic rings. The van der Waals surface area contributed by atoms with E-state index in [4.69, 9.17) is 0 Å². The van der Waals surface area contributed by atoms with E-state index in [-0.39, 0.29) is 5.82 Å². The molecular weight excluding hydrogens is 231 g/mol. The van der Waals surface area contributed by atoms with Gasteiger partial charge in [0, 0.05) is 32.7 Å². The van der Waals surface area contributed by atoms with E-state index in [1.807, 2.05) is 12.1 Å². The Kier molecular flexibility index (Phi) is 4.31. The lowest BCUT2D eigenvalue weighted by Crippen LogP contribution is -2.46. The van der Waals surface area contributed by atoms with E-state index in [0.29, 0.717) is 5.92 Å². The number of amides is 1. The molecule has 0 bridgehead atoms. The van der Waals surface area contributed by atoms with Gasteiger partial charge in [0.15, 0.2) is 0 Å². The van der Waals surface area contributed by atoms with Crippen molar-refractivity contribution in [2.45, 2.75) is 12.8 Å². The Morgan fingerprint density at radius 2 is 1.83 bits per heavy atom. The van der Waals surface area contributed by atoms with Gasteiger partial charge >= 0.3 is 0 Å². The number of carbonyl (C=O) groups excluding carboxylic acids is 1. The van der Waals surface area contributed by atoms with Crippen molar-refractivity contribution >= 4 is 6.41 Å². The van der Waals surface area contributed by atoms with Crippen LogP contribution in [0.25, 0.3) is 0 Å². The quantitative estimate of drug-likeness (QED) is 0.759. The van der Waals surface area contributed by atoms with E-state index < -0.39 is 0 Å². The lowest BCUT2D eigenvalue weighted by atomic mass is 10.0. The Morgan fingerprint density at radius 1 is 1.22 bits per heavy atom. The van der Waals surface area contributed by atoms with Gasteiger partial charge in [0.2, 0.25) is 6.41 Å².